The monoisotopic (exact) mass is 322 g/mol. The molecule has 0 bridgehead atoms. The molecule has 0 saturated carbocycles. The van der Waals surface area contributed by atoms with Crippen molar-refractivity contribution in [2.45, 2.75) is 58.3 Å². The molecule has 0 spiro atoms. The van der Waals surface area contributed by atoms with Crippen LogP contribution >= 0.6 is 0 Å². The van der Waals surface area contributed by atoms with Gasteiger partial charge in [-0.1, -0.05) is 45.1 Å². The molecular weight excluding hydrogens is 292 g/mol. The summed E-state index contributed by atoms with van der Waals surface area (Å²) in [7, 11) is 3.22. The van der Waals surface area contributed by atoms with E-state index in [0.29, 0.717) is 30.9 Å². The molecule has 0 aliphatic rings. The van der Waals surface area contributed by atoms with Gasteiger partial charge in [0.25, 0.3) is 0 Å². The zero-order chi connectivity index (χ0) is 16.9. The summed E-state index contributed by atoms with van der Waals surface area (Å²) >= 11 is 0. The highest BCUT2D eigenvalue weighted by Gasteiger charge is 2.07. The average Bonchev–Trinajstić information content (AvgIpc) is 2.58. The van der Waals surface area contributed by atoms with Gasteiger partial charge in [0.15, 0.2) is 11.5 Å². The maximum absolute atomic E-state index is 11.8. The first kappa shape index (κ1) is 19.3. The number of unbranched alkanes of at least 4 members (excludes halogenated alkanes) is 5. The minimum atomic E-state index is -0.131. The molecule has 0 atom stereocenters. The number of ether oxygens (including phenoxy) is 3. The molecule has 0 heterocycles. The summed E-state index contributed by atoms with van der Waals surface area (Å²) < 4.78 is 15.7. The normalized spacial score (nSPS) is 10.4. The summed E-state index contributed by atoms with van der Waals surface area (Å²) in [6.45, 7) is 2.75. The van der Waals surface area contributed by atoms with E-state index in [2.05, 4.69) is 6.92 Å². The van der Waals surface area contributed by atoms with Crippen molar-refractivity contribution in [2.75, 3.05) is 20.8 Å². The molecule has 4 heteroatoms. The summed E-state index contributed by atoms with van der Waals surface area (Å²) in [4.78, 5) is 11.8. The van der Waals surface area contributed by atoms with Crippen molar-refractivity contribution >= 4 is 5.97 Å². The topological polar surface area (TPSA) is 44.8 Å². The van der Waals surface area contributed by atoms with E-state index in [4.69, 9.17) is 14.2 Å². The summed E-state index contributed by atoms with van der Waals surface area (Å²) in [6.07, 6.45) is 8.22. The molecule has 0 aliphatic heterocycles. The van der Waals surface area contributed by atoms with Crippen LogP contribution in [0.25, 0.3) is 0 Å². The summed E-state index contributed by atoms with van der Waals surface area (Å²) in [5.74, 6) is 1.25. The third-order valence-corrected chi connectivity index (χ3v) is 3.83. The Labute approximate surface area is 140 Å². The van der Waals surface area contributed by atoms with Gasteiger partial charge in [-0.3, -0.25) is 4.79 Å². The fourth-order valence-electron chi connectivity index (χ4n) is 2.42. The number of esters is 1. The lowest BCUT2D eigenvalue weighted by molar-refractivity contribution is -0.143. The Bertz CT molecular complexity index is 457. The van der Waals surface area contributed by atoms with Crippen LogP contribution in [0.3, 0.4) is 0 Å². The number of hydrogen-bond donors (Lipinski definition) is 0. The zero-order valence-corrected chi connectivity index (χ0v) is 14.7. The largest absolute Gasteiger partial charge is 0.493 e. The van der Waals surface area contributed by atoms with Gasteiger partial charge in [-0.05, 0) is 30.5 Å². The van der Waals surface area contributed by atoms with Crippen LogP contribution in [0.5, 0.6) is 11.5 Å². The fourth-order valence-corrected chi connectivity index (χ4v) is 2.42. The standard InChI is InChI=1S/C19H30O4/c1-4-5-6-7-8-9-14-23-19(20)13-11-16-10-12-17(21-2)18(15-16)22-3/h10,12,15H,4-9,11,13-14H2,1-3H3. The Kier molecular flexibility index (Phi) is 9.92. The maximum atomic E-state index is 11.8. The fraction of sp³-hybridized carbons (Fsp3) is 0.632. The van der Waals surface area contributed by atoms with E-state index in [0.717, 1.165) is 18.4 Å². The SMILES string of the molecule is CCCCCCCCOC(=O)CCc1ccc(OC)c(OC)c1. The molecule has 0 aliphatic carbocycles. The summed E-state index contributed by atoms with van der Waals surface area (Å²) in [6, 6.07) is 5.71. The Hall–Kier alpha value is -1.71. The Morgan fingerprint density at radius 2 is 1.65 bits per heavy atom. The van der Waals surface area contributed by atoms with Crippen LogP contribution in [-0.2, 0) is 16.0 Å². The lowest BCUT2D eigenvalue weighted by Crippen LogP contribution is -2.07. The van der Waals surface area contributed by atoms with Gasteiger partial charge in [0, 0.05) is 6.42 Å². The van der Waals surface area contributed by atoms with E-state index < -0.39 is 0 Å². The molecule has 0 fully saturated rings. The molecule has 0 unspecified atom stereocenters. The number of benzene rings is 1. The molecule has 0 aromatic heterocycles. The molecular formula is C19H30O4. The Morgan fingerprint density at radius 3 is 2.35 bits per heavy atom. The number of hydrogen-bond acceptors (Lipinski definition) is 4. The molecule has 0 radical (unpaired) electrons. The molecule has 0 amide bonds. The minimum absolute atomic E-state index is 0.131. The summed E-state index contributed by atoms with van der Waals surface area (Å²) in [5, 5.41) is 0. The van der Waals surface area contributed by atoms with Gasteiger partial charge < -0.3 is 14.2 Å². The van der Waals surface area contributed by atoms with Crippen LogP contribution < -0.4 is 9.47 Å². The lowest BCUT2D eigenvalue weighted by atomic mass is 10.1. The van der Waals surface area contributed by atoms with Crippen molar-refractivity contribution in [1.82, 2.24) is 0 Å². The van der Waals surface area contributed by atoms with Crippen LogP contribution in [0, 0.1) is 0 Å². The third kappa shape index (κ3) is 7.91. The number of aryl methyl sites for hydroxylation is 1. The Balaban J connectivity index is 2.20. The van der Waals surface area contributed by atoms with Gasteiger partial charge >= 0.3 is 5.97 Å². The second-order valence-corrected chi connectivity index (χ2v) is 5.68. The Morgan fingerprint density at radius 1 is 0.957 bits per heavy atom. The van der Waals surface area contributed by atoms with Crippen LogP contribution in [-0.4, -0.2) is 26.8 Å². The van der Waals surface area contributed by atoms with Gasteiger partial charge in [0.05, 0.1) is 20.8 Å². The van der Waals surface area contributed by atoms with Crippen LogP contribution in [0.15, 0.2) is 18.2 Å². The molecule has 23 heavy (non-hydrogen) atoms. The van der Waals surface area contributed by atoms with Crippen molar-refractivity contribution in [3.8, 4) is 11.5 Å². The summed E-state index contributed by atoms with van der Waals surface area (Å²) in [5.41, 5.74) is 1.04. The third-order valence-electron chi connectivity index (χ3n) is 3.83. The van der Waals surface area contributed by atoms with E-state index in [1.807, 2.05) is 18.2 Å². The van der Waals surface area contributed by atoms with Crippen LogP contribution in [0.1, 0.15) is 57.4 Å². The first-order valence-corrected chi connectivity index (χ1v) is 8.57. The van der Waals surface area contributed by atoms with Crippen molar-refractivity contribution in [1.29, 1.82) is 0 Å². The van der Waals surface area contributed by atoms with E-state index in [1.165, 1.54) is 25.7 Å². The predicted octanol–water partition coefficient (Wildman–Crippen LogP) is 4.54. The van der Waals surface area contributed by atoms with E-state index >= 15 is 0 Å². The van der Waals surface area contributed by atoms with Crippen molar-refractivity contribution in [3.63, 3.8) is 0 Å². The highest BCUT2D eigenvalue weighted by atomic mass is 16.5. The van der Waals surface area contributed by atoms with Crippen LogP contribution in [0.4, 0.5) is 0 Å². The molecule has 1 aromatic rings. The van der Waals surface area contributed by atoms with Gasteiger partial charge in [0.1, 0.15) is 0 Å². The van der Waals surface area contributed by atoms with Crippen molar-refractivity contribution in [2.24, 2.45) is 0 Å². The molecule has 1 rings (SSSR count). The first-order valence-electron chi connectivity index (χ1n) is 8.57. The molecule has 130 valence electrons. The van der Waals surface area contributed by atoms with Gasteiger partial charge in [-0.25, -0.2) is 0 Å². The van der Waals surface area contributed by atoms with E-state index in [9.17, 15) is 4.79 Å². The average molecular weight is 322 g/mol. The van der Waals surface area contributed by atoms with Gasteiger partial charge in [-0.2, -0.15) is 0 Å². The van der Waals surface area contributed by atoms with Crippen molar-refractivity contribution in [3.05, 3.63) is 23.8 Å². The van der Waals surface area contributed by atoms with Gasteiger partial charge in [0.2, 0.25) is 0 Å². The molecule has 1 aromatic carbocycles. The quantitative estimate of drug-likeness (QED) is 0.418. The maximum Gasteiger partial charge on any atom is 0.306 e. The number of carbonyl (C=O) groups excluding carboxylic acids is 1. The second kappa shape index (κ2) is 11.8. The molecule has 0 saturated heterocycles. The smallest absolute Gasteiger partial charge is 0.306 e. The van der Waals surface area contributed by atoms with Gasteiger partial charge in [-0.15, -0.1) is 0 Å². The number of carbonyl (C=O) groups is 1. The second-order valence-electron chi connectivity index (χ2n) is 5.68. The number of methoxy groups -OCH3 is 2. The number of rotatable bonds is 12. The highest BCUT2D eigenvalue weighted by Crippen LogP contribution is 2.27. The van der Waals surface area contributed by atoms with Crippen molar-refractivity contribution < 1.29 is 19.0 Å². The zero-order valence-electron chi connectivity index (χ0n) is 14.7. The minimum Gasteiger partial charge on any atom is -0.493 e. The van der Waals surface area contributed by atoms with Crippen LogP contribution in [0.2, 0.25) is 0 Å². The predicted molar refractivity (Wildman–Crippen MR) is 92.2 cm³/mol. The van der Waals surface area contributed by atoms with E-state index in [1.54, 1.807) is 14.2 Å². The molecule has 0 N–H and O–H groups in total. The highest BCUT2D eigenvalue weighted by molar-refractivity contribution is 5.69. The van der Waals surface area contributed by atoms with E-state index in [-0.39, 0.29) is 5.97 Å². The molecule has 4 nitrogen and oxygen atoms in total. The lowest BCUT2D eigenvalue weighted by Gasteiger charge is -2.09. The first-order chi connectivity index (χ1) is 11.2.